The average Bonchev–Trinajstić information content (AvgIpc) is 3.97. The van der Waals surface area contributed by atoms with Crippen LogP contribution in [0.4, 0.5) is 25.6 Å². The van der Waals surface area contributed by atoms with E-state index in [9.17, 15) is 14.4 Å². The Morgan fingerprint density at radius 1 is 1.00 bits per heavy atom. The van der Waals surface area contributed by atoms with Gasteiger partial charge < -0.3 is 33.3 Å². The molecule has 2 aromatic heterocycles. The van der Waals surface area contributed by atoms with Gasteiger partial charge in [-0.05, 0) is 72.1 Å². The highest BCUT2D eigenvalue weighted by molar-refractivity contribution is 6.99. The van der Waals surface area contributed by atoms with Crippen LogP contribution < -0.4 is 25.3 Å². The Morgan fingerprint density at radius 3 is 2.32 bits per heavy atom. The normalized spacial score (nSPS) is 19.1. The highest BCUT2D eigenvalue weighted by Gasteiger charge is 2.52. The fraction of sp³-hybridized carbons (Fsp3) is 0.458. The second kappa shape index (κ2) is 16.8. The van der Waals surface area contributed by atoms with Crippen molar-refractivity contribution in [1.82, 2.24) is 24.8 Å². The van der Waals surface area contributed by atoms with Crippen molar-refractivity contribution in [2.24, 2.45) is 5.92 Å². The first-order valence-electron chi connectivity index (χ1n) is 22.3. The van der Waals surface area contributed by atoms with Crippen molar-refractivity contribution >= 4 is 59.5 Å². The van der Waals surface area contributed by atoms with Crippen LogP contribution in [0.5, 0.6) is 5.88 Å². The lowest BCUT2D eigenvalue weighted by Crippen LogP contribution is -2.67. The number of hydrogen-bond donors (Lipinski definition) is 1. The number of nitrogens with zero attached hydrogens (tertiary/aromatic N) is 6. The Kier molecular flexibility index (Phi) is 11.5. The molecule has 2 saturated heterocycles. The number of ether oxygens (including phenoxy) is 3. The van der Waals surface area contributed by atoms with Crippen molar-refractivity contribution in [3.63, 3.8) is 0 Å². The minimum Gasteiger partial charge on any atom is -0.465 e. The topological polar surface area (TPSA) is 162 Å². The van der Waals surface area contributed by atoms with Gasteiger partial charge in [0, 0.05) is 39.5 Å². The third-order valence-electron chi connectivity index (χ3n) is 13.0. The summed E-state index contributed by atoms with van der Waals surface area (Å²) >= 11 is 0. The van der Waals surface area contributed by atoms with Gasteiger partial charge in [-0.1, -0.05) is 81.4 Å². The van der Waals surface area contributed by atoms with Gasteiger partial charge in [0.1, 0.15) is 22.8 Å². The minimum absolute atomic E-state index is 0.0187. The zero-order valence-electron chi connectivity index (χ0n) is 38.0. The van der Waals surface area contributed by atoms with E-state index in [0.29, 0.717) is 56.4 Å². The molecule has 1 spiro atoms. The standard InChI is InChI=1S/C48H56FN7O8Si/c1-46(2,3)63-44(58)54(7)36(27-61-65(47(4,5)6,32-14-10-8-11-15-32)33-16-12-9-13-17-33)42-51-35-24-31-22-30(23-34(31)39(49)40(35)62-42)26-55-20-18-48(19-21-55)29-56(45(59)64-48)37-25-50-43-41(52-37)53-38(57)28-60-43/h8-17,24-25,30,36H,18-23,26-29H2,1-7H3,(H,52,53,57)/t30?,36-/m0/s1. The van der Waals surface area contributed by atoms with E-state index in [1.807, 2.05) is 63.2 Å². The van der Waals surface area contributed by atoms with Gasteiger partial charge in [0.15, 0.2) is 29.6 Å². The lowest BCUT2D eigenvalue weighted by atomic mass is 9.90. The molecule has 1 N–H and O–H groups in total. The Balaban J connectivity index is 0.914. The van der Waals surface area contributed by atoms with E-state index in [1.165, 1.54) is 16.0 Å². The highest BCUT2D eigenvalue weighted by atomic mass is 28.4. The second-order valence-corrected chi connectivity index (χ2v) is 24.0. The molecule has 2 fully saturated rings. The number of benzene rings is 3. The summed E-state index contributed by atoms with van der Waals surface area (Å²) in [6, 6.07) is 21.6. The molecule has 3 aromatic carbocycles. The maximum atomic E-state index is 16.7. The molecule has 3 amide bonds. The van der Waals surface area contributed by atoms with Crippen LogP contribution in [0.3, 0.4) is 0 Å². The summed E-state index contributed by atoms with van der Waals surface area (Å²) in [6.45, 7) is 14.3. The summed E-state index contributed by atoms with van der Waals surface area (Å²) in [7, 11) is -1.43. The van der Waals surface area contributed by atoms with Crippen LogP contribution in [0.25, 0.3) is 11.1 Å². The number of likely N-dealkylation sites (N-methyl/N-ethyl adjacent to an activating group) is 1. The first-order chi connectivity index (χ1) is 30.9. The molecular formula is C48H56FN7O8Si. The predicted octanol–water partition coefficient (Wildman–Crippen LogP) is 6.78. The number of hydrogen-bond acceptors (Lipinski definition) is 12. The number of anilines is 2. The Hall–Kier alpha value is -5.91. The van der Waals surface area contributed by atoms with Gasteiger partial charge >= 0.3 is 12.2 Å². The van der Waals surface area contributed by atoms with Crippen LogP contribution in [0.1, 0.15) is 77.4 Å². The lowest BCUT2D eigenvalue weighted by molar-refractivity contribution is -0.118. The highest BCUT2D eigenvalue weighted by Crippen LogP contribution is 2.41. The van der Waals surface area contributed by atoms with Gasteiger partial charge in [-0.25, -0.2) is 28.9 Å². The Labute approximate surface area is 378 Å². The van der Waals surface area contributed by atoms with Crippen molar-refractivity contribution < 1.29 is 41.8 Å². The van der Waals surface area contributed by atoms with Crippen LogP contribution in [-0.4, -0.2) is 109 Å². The van der Waals surface area contributed by atoms with E-state index in [1.54, 1.807) is 7.05 Å². The molecule has 1 aliphatic carbocycles. The SMILES string of the molecule is CN(C(=O)OC(C)(C)C)[C@@H](CO[Si](c1ccccc1)(c1ccccc1)C(C)(C)C)c1nc2cc3c(c(F)c2o1)CC(CN1CCC2(CC1)CN(c1cnc4c(n1)NC(=O)CO4)C(=O)O2)C3. The van der Waals surface area contributed by atoms with Crippen molar-refractivity contribution in [3.05, 3.63) is 95.8 Å². The third kappa shape index (κ3) is 8.56. The number of piperidine rings is 1. The summed E-state index contributed by atoms with van der Waals surface area (Å²) in [5, 5.41) is 4.45. The fourth-order valence-electron chi connectivity index (χ4n) is 9.81. The number of nitrogens with one attached hydrogen (secondary N) is 1. The molecule has 3 aliphatic heterocycles. The number of fused-ring (bicyclic) bond motifs is 3. The summed E-state index contributed by atoms with van der Waals surface area (Å²) in [6.07, 6.45) is 2.82. The van der Waals surface area contributed by atoms with Crippen molar-refractivity contribution in [2.45, 2.75) is 89.5 Å². The monoisotopic (exact) mass is 905 g/mol. The Morgan fingerprint density at radius 2 is 1.68 bits per heavy atom. The van der Waals surface area contributed by atoms with E-state index in [0.717, 1.165) is 22.5 Å². The number of amides is 3. The van der Waals surface area contributed by atoms with Gasteiger partial charge in [0.05, 0.1) is 19.3 Å². The number of carbonyl (C=O) groups excluding carboxylic acids is 3. The van der Waals surface area contributed by atoms with E-state index >= 15 is 4.39 Å². The van der Waals surface area contributed by atoms with E-state index in [2.05, 4.69) is 65.2 Å². The predicted molar refractivity (Wildman–Crippen MR) is 244 cm³/mol. The van der Waals surface area contributed by atoms with Crippen LogP contribution in [0.15, 0.2) is 77.3 Å². The van der Waals surface area contributed by atoms with Crippen LogP contribution >= 0.6 is 0 Å². The average molecular weight is 906 g/mol. The zero-order chi connectivity index (χ0) is 45.9. The van der Waals surface area contributed by atoms with Crippen molar-refractivity contribution in [2.75, 3.05) is 56.7 Å². The molecule has 4 aliphatic rings. The van der Waals surface area contributed by atoms with Crippen molar-refractivity contribution in [3.8, 4) is 5.88 Å². The number of oxazole rings is 1. The number of aromatic nitrogens is 3. The molecule has 0 saturated carbocycles. The Bertz CT molecular complexity index is 2570. The van der Waals surface area contributed by atoms with E-state index in [4.69, 9.17) is 28.0 Å². The lowest BCUT2D eigenvalue weighted by Gasteiger charge is -2.44. The van der Waals surface area contributed by atoms with Crippen molar-refractivity contribution in [1.29, 1.82) is 0 Å². The maximum absolute atomic E-state index is 16.7. The van der Waals surface area contributed by atoms with Gasteiger partial charge in [-0.2, -0.15) is 0 Å². The maximum Gasteiger partial charge on any atom is 0.416 e. The molecule has 1 unspecified atom stereocenters. The number of carbonyl (C=O) groups is 3. The molecular weight excluding hydrogens is 850 g/mol. The molecule has 65 heavy (non-hydrogen) atoms. The smallest absolute Gasteiger partial charge is 0.416 e. The molecule has 0 radical (unpaired) electrons. The van der Waals surface area contributed by atoms with E-state index < -0.39 is 43.6 Å². The molecule has 9 rings (SSSR count). The second-order valence-electron chi connectivity index (χ2n) is 19.7. The largest absolute Gasteiger partial charge is 0.465 e. The van der Waals surface area contributed by atoms with Crippen LogP contribution in [0.2, 0.25) is 5.04 Å². The van der Waals surface area contributed by atoms with Gasteiger partial charge in [-0.3, -0.25) is 14.6 Å². The fourth-order valence-corrected chi connectivity index (χ4v) is 14.4. The molecule has 2 atom stereocenters. The van der Waals surface area contributed by atoms with Gasteiger partial charge in [0.25, 0.3) is 20.1 Å². The quantitative estimate of drug-likeness (QED) is 0.147. The molecule has 17 heteroatoms. The number of halogens is 1. The first-order valence-corrected chi connectivity index (χ1v) is 24.2. The molecule has 5 heterocycles. The van der Waals surface area contributed by atoms with Gasteiger partial charge in [0.2, 0.25) is 5.89 Å². The molecule has 15 nitrogen and oxygen atoms in total. The minimum atomic E-state index is -3.07. The molecule has 5 aromatic rings. The van der Waals surface area contributed by atoms with Crippen LogP contribution in [-0.2, 0) is 31.5 Å². The molecule has 0 bridgehead atoms. The summed E-state index contributed by atoms with van der Waals surface area (Å²) in [5.74, 6) is 0.218. The summed E-state index contributed by atoms with van der Waals surface area (Å²) in [4.78, 5) is 57.5. The molecule has 342 valence electrons. The zero-order valence-corrected chi connectivity index (χ0v) is 39.0. The third-order valence-corrected chi connectivity index (χ3v) is 18.0. The first kappa shape index (κ1) is 44.3. The van der Waals surface area contributed by atoms with Gasteiger partial charge in [-0.15, -0.1) is 0 Å². The number of rotatable bonds is 10. The summed E-state index contributed by atoms with van der Waals surface area (Å²) < 4.78 is 47.5. The van der Waals surface area contributed by atoms with Crippen LogP contribution in [0, 0.1) is 11.7 Å². The number of likely N-dealkylation sites (tertiary alicyclic amines) is 1. The van der Waals surface area contributed by atoms with E-state index in [-0.39, 0.29) is 59.1 Å². The summed E-state index contributed by atoms with van der Waals surface area (Å²) in [5.41, 5.74) is 0.503.